The molecule has 2 heteroatoms. The van der Waals surface area contributed by atoms with E-state index >= 15 is 0 Å². The molecule has 12 heavy (non-hydrogen) atoms. The van der Waals surface area contributed by atoms with Gasteiger partial charge >= 0.3 is 0 Å². The molecule has 1 fully saturated rings. The molecule has 0 radical (unpaired) electrons. The quantitative estimate of drug-likeness (QED) is 0.612. The summed E-state index contributed by atoms with van der Waals surface area (Å²) in [6.45, 7) is 4.91. The summed E-state index contributed by atoms with van der Waals surface area (Å²) in [6.07, 6.45) is 6.89. The topological polar surface area (TPSA) is 23.5 Å². The van der Waals surface area contributed by atoms with Gasteiger partial charge in [0.15, 0.2) is 0 Å². The zero-order chi connectivity index (χ0) is 8.97. The lowest BCUT2D eigenvalue weighted by atomic mass is 9.96. The summed E-state index contributed by atoms with van der Waals surface area (Å²) in [7, 11) is 0. The van der Waals surface area contributed by atoms with Crippen molar-refractivity contribution in [3.05, 3.63) is 0 Å². The molecule has 0 spiro atoms. The third-order valence-corrected chi connectivity index (χ3v) is 2.58. The number of aliphatic hydroxyl groups is 1. The van der Waals surface area contributed by atoms with Crippen molar-refractivity contribution in [2.75, 3.05) is 19.6 Å². The predicted molar refractivity (Wildman–Crippen MR) is 49.7 cm³/mol. The second-order valence-electron chi connectivity index (χ2n) is 3.59. The smallest absolute Gasteiger partial charge is 0.0693 e. The van der Waals surface area contributed by atoms with Gasteiger partial charge in [0.25, 0.3) is 0 Å². The molecule has 0 bridgehead atoms. The Hall–Kier alpha value is -0.520. The molecular formula is C10H17NO. The van der Waals surface area contributed by atoms with Gasteiger partial charge in [-0.05, 0) is 18.9 Å². The molecule has 2 unspecified atom stereocenters. The van der Waals surface area contributed by atoms with E-state index in [0.29, 0.717) is 5.92 Å². The number of hydrogen-bond acceptors (Lipinski definition) is 2. The van der Waals surface area contributed by atoms with Gasteiger partial charge in [-0.1, -0.05) is 6.92 Å². The highest BCUT2D eigenvalue weighted by Crippen LogP contribution is 2.16. The van der Waals surface area contributed by atoms with Crippen LogP contribution in [0.3, 0.4) is 0 Å². The summed E-state index contributed by atoms with van der Waals surface area (Å²) in [6, 6.07) is 0. The molecule has 2 atom stereocenters. The minimum atomic E-state index is -0.156. The van der Waals surface area contributed by atoms with Crippen LogP contribution < -0.4 is 0 Å². The van der Waals surface area contributed by atoms with Gasteiger partial charge in [0.1, 0.15) is 0 Å². The Kier molecular flexibility index (Phi) is 3.58. The van der Waals surface area contributed by atoms with Crippen molar-refractivity contribution in [3.8, 4) is 12.3 Å². The number of piperidine rings is 1. The van der Waals surface area contributed by atoms with Crippen LogP contribution in [0.1, 0.15) is 19.8 Å². The fourth-order valence-corrected chi connectivity index (χ4v) is 1.54. The maximum absolute atomic E-state index is 9.55. The average Bonchev–Trinajstić information content (AvgIpc) is 2.07. The van der Waals surface area contributed by atoms with Crippen molar-refractivity contribution >= 4 is 0 Å². The van der Waals surface area contributed by atoms with Crippen molar-refractivity contribution < 1.29 is 5.11 Å². The maximum atomic E-state index is 9.55. The molecule has 1 N–H and O–H groups in total. The van der Waals surface area contributed by atoms with Gasteiger partial charge in [0, 0.05) is 19.5 Å². The first-order valence-electron chi connectivity index (χ1n) is 4.58. The van der Waals surface area contributed by atoms with Gasteiger partial charge in [-0.2, -0.15) is 0 Å². The number of rotatable bonds is 2. The summed E-state index contributed by atoms with van der Waals surface area (Å²) in [4.78, 5) is 2.24. The number of terminal acetylenes is 1. The zero-order valence-electron chi connectivity index (χ0n) is 7.66. The standard InChI is InChI=1S/C10H17NO/c1-3-4-6-11-7-5-9(2)10(12)8-11/h1,9-10,12H,4-8H2,2H3. The van der Waals surface area contributed by atoms with Crippen molar-refractivity contribution in [1.29, 1.82) is 0 Å². The molecule has 0 aromatic rings. The maximum Gasteiger partial charge on any atom is 0.0693 e. The lowest BCUT2D eigenvalue weighted by Crippen LogP contribution is -2.43. The van der Waals surface area contributed by atoms with E-state index in [-0.39, 0.29) is 6.10 Å². The largest absolute Gasteiger partial charge is 0.392 e. The monoisotopic (exact) mass is 167 g/mol. The van der Waals surface area contributed by atoms with E-state index < -0.39 is 0 Å². The molecule has 68 valence electrons. The Labute approximate surface area is 74.6 Å². The van der Waals surface area contributed by atoms with Gasteiger partial charge in [-0.25, -0.2) is 0 Å². The van der Waals surface area contributed by atoms with Gasteiger partial charge in [0.05, 0.1) is 6.10 Å². The summed E-state index contributed by atoms with van der Waals surface area (Å²) in [5.74, 6) is 3.07. The Balaban J connectivity index is 2.26. The molecule has 1 heterocycles. The van der Waals surface area contributed by atoms with Gasteiger partial charge in [-0.3, -0.25) is 4.90 Å². The molecule has 1 saturated heterocycles. The van der Waals surface area contributed by atoms with E-state index in [2.05, 4.69) is 17.7 Å². The number of nitrogens with zero attached hydrogens (tertiary/aromatic N) is 1. The first-order valence-corrected chi connectivity index (χ1v) is 4.58. The molecule has 0 aromatic carbocycles. The minimum Gasteiger partial charge on any atom is -0.392 e. The van der Waals surface area contributed by atoms with Crippen LogP contribution in [0.25, 0.3) is 0 Å². The zero-order valence-corrected chi connectivity index (χ0v) is 7.66. The lowest BCUT2D eigenvalue weighted by Gasteiger charge is -2.33. The third kappa shape index (κ3) is 2.51. The Bertz CT molecular complexity index is 173. The molecular weight excluding hydrogens is 150 g/mol. The first kappa shape index (κ1) is 9.57. The number of β-amino-alcohol motifs (C(OH)–C–C–N with tert-alkyl or cyclic N) is 1. The third-order valence-electron chi connectivity index (χ3n) is 2.58. The van der Waals surface area contributed by atoms with Crippen molar-refractivity contribution in [2.45, 2.75) is 25.9 Å². The first-order chi connectivity index (χ1) is 5.74. The summed E-state index contributed by atoms with van der Waals surface area (Å²) in [5.41, 5.74) is 0. The van der Waals surface area contributed by atoms with Crippen LogP contribution in [-0.4, -0.2) is 35.7 Å². The summed E-state index contributed by atoms with van der Waals surface area (Å²) < 4.78 is 0. The highest BCUT2D eigenvalue weighted by atomic mass is 16.3. The van der Waals surface area contributed by atoms with Crippen LogP contribution in [0.15, 0.2) is 0 Å². The fourth-order valence-electron chi connectivity index (χ4n) is 1.54. The normalized spacial score (nSPS) is 31.4. The Morgan fingerprint density at radius 3 is 3.00 bits per heavy atom. The van der Waals surface area contributed by atoms with Crippen LogP contribution in [0.2, 0.25) is 0 Å². The predicted octanol–water partition coefficient (Wildman–Crippen LogP) is 0.712. The van der Waals surface area contributed by atoms with E-state index in [4.69, 9.17) is 6.42 Å². The molecule has 1 aliphatic rings. The van der Waals surface area contributed by atoms with Crippen molar-refractivity contribution in [3.63, 3.8) is 0 Å². The Morgan fingerprint density at radius 2 is 2.42 bits per heavy atom. The minimum absolute atomic E-state index is 0.156. The van der Waals surface area contributed by atoms with Crippen LogP contribution >= 0.6 is 0 Å². The van der Waals surface area contributed by atoms with Crippen LogP contribution in [0, 0.1) is 18.3 Å². The number of hydrogen-bond donors (Lipinski definition) is 1. The van der Waals surface area contributed by atoms with E-state index in [1.54, 1.807) is 0 Å². The van der Waals surface area contributed by atoms with Crippen LogP contribution in [-0.2, 0) is 0 Å². The van der Waals surface area contributed by atoms with Crippen molar-refractivity contribution in [2.24, 2.45) is 5.92 Å². The van der Waals surface area contributed by atoms with Crippen LogP contribution in [0.5, 0.6) is 0 Å². The van der Waals surface area contributed by atoms with Crippen molar-refractivity contribution in [1.82, 2.24) is 4.90 Å². The molecule has 1 aliphatic heterocycles. The van der Waals surface area contributed by atoms with Gasteiger partial charge in [-0.15, -0.1) is 12.3 Å². The number of aliphatic hydroxyl groups excluding tert-OH is 1. The van der Waals surface area contributed by atoms with E-state index in [0.717, 1.165) is 32.5 Å². The second kappa shape index (κ2) is 4.49. The fraction of sp³-hybridized carbons (Fsp3) is 0.800. The highest BCUT2D eigenvalue weighted by molar-refractivity contribution is 4.86. The van der Waals surface area contributed by atoms with Gasteiger partial charge < -0.3 is 5.11 Å². The SMILES string of the molecule is C#CCCN1CCC(C)C(O)C1. The number of likely N-dealkylation sites (tertiary alicyclic amines) is 1. The molecule has 0 aromatic heterocycles. The summed E-state index contributed by atoms with van der Waals surface area (Å²) in [5, 5.41) is 9.55. The molecule has 0 aliphatic carbocycles. The summed E-state index contributed by atoms with van der Waals surface area (Å²) >= 11 is 0. The molecule has 0 amide bonds. The van der Waals surface area contributed by atoms with E-state index in [1.165, 1.54) is 0 Å². The Morgan fingerprint density at radius 1 is 1.67 bits per heavy atom. The van der Waals surface area contributed by atoms with E-state index in [1.807, 2.05) is 0 Å². The molecule has 0 saturated carbocycles. The van der Waals surface area contributed by atoms with Gasteiger partial charge in [0.2, 0.25) is 0 Å². The second-order valence-corrected chi connectivity index (χ2v) is 3.59. The average molecular weight is 167 g/mol. The van der Waals surface area contributed by atoms with Crippen LogP contribution in [0.4, 0.5) is 0 Å². The molecule has 1 rings (SSSR count). The highest BCUT2D eigenvalue weighted by Gasteiger charge is 2.23. The lowest BCUT2D eigenvalue weighted by molar-refractivity contribution is 0.0303. The van der Waals surface area contributed by atoms with E-state index in [9.17, 15) is 5.11 Å². The molecule has 2 nitrogen and oxygen atoms in total.